The number of likely N-dealkylation sites (tertiary alicyclic amines) is 1. The second kappa shape index (κ2) is 21.5. The van der Waals surface area contributed by atoms with Crippen molar-refractivity contribution < 1.29 is 29.1 Å². The lowest BCUT2D eigenvalue weighted by Gasteiger charge is -2.39. The minimum atomic E-state index is -0.909. The normalized spacial score (nSPS) is 20.7. The zero-order valence-corrected chi connectivity index (χ0v) is 43.5. The van der Waals surface area contributed by atoms with Gasteiger partial charge in [-0.05, 0) is 92.5 Å². The van der Waals surface area contributed by atoms with E-state index in [2.05, 4.69) is 35.8 Å². The van der Waals surface area contributed by atoms with Crippen molar-refractivity contribution >= 4 is 69.2 Å². The van der Waals surface area contributed by atoms with Crippen molar-refractivity contribution in [3.05, 3.63) is 87.0 Å². The Morgan fingerprint density at radius 2 is 1.59 bits per heavy atom. The molecular formula is C54H67N11O7S. The summed E-state index contributed by atoms with van der Waals surface area (Å²) in [6.07, 6.45) is 8.60. The molecular weight excluding hydrogens is 947 g/mol. The molecule has 18 nitrogen and oxygen atoms in total. The van der Waals surface area contributed by atoms with Crippen LogP contribution in [0.4, 0.5) is 17.5 Å². The molecule has 19 heteroatoms. The predicted molar refractivity (Wildman–Crippen MR) is 279 cm³/mol. The largest absolute Gasteiger partial charge is 0.391 e. The molecule has 4 aromatic heterocycles. The molecule has 2 aliphatic heterocycles. The highest BCUT2D eigenvalue weighted by molar-refractivity contribution is 7.13. The maximum Gasteiger partial charge on any atom is 0.263 e. The first-order chi connectivity index (χ1) is 34.9. The number of nitrogens with one attached hydrogen (secondary N) is 3. The van der Waals surface area contributed by atoms with Crippen LogP contribution in [0, 0.1) is 31.1 Å². The van der Waals surface area contributed by atoms with E-state index in [0.717, 1.165) is 65.9 Å². The lowest BCUT2D eigenvalue weighted by atomic mass is 9.71. The monoisotopic (exact) mass is 1010 g/mol. The van der Waals surface area contributed by atoms with Crippen molar-refractivity contribution in [3.63, 3.8) is 0 Å². The Hall–Kier alpha value is -6.60. The van der Waals surface area contributed by atoms with Crippen LogP contribution in [0.25, 0.3) is 21.5 Å². The van der Waals surface area contributed by atoms with Gasteiger partial charge in [0.15, 0.2) is 5.78 Å². The smallest absolute Gasteiger partial charge is 0.263 e. The number of hydrogen-bond acceptors (Lipinski definition) is 14. The number of nitrogens with zero attached hydrogens (tertiary/aromatic N) is 8. The molecule has 0 spiro atoms. The van der Waals surface area contributed by atoms with Crippen molar-refractivity contribution in [1.29, 1.82) is 0 Å². The molecule has 0 unspecified atom stereocenters. The summed E-state index contributed by atoms with van der Waals surface area (Å²) in [5.74, 6) is -0.0316. The zero-order chi connectivity index (χ0) is 51.7. The van der Waals surface area contributed by atoms with Crippen LogP contribution in [-0.4, -0.2) is 120 Å². The number of hydrogen-bond donors (Lipinski definition) is 4. The number of pyridine rings is 2. The number of amides is 4. The Labute approximate surface area is 429 Å². The van der Waals surface area contributed by atoms with E-state index in [-0.39, 0.29) is 78.4 Å². The molecule has 2 saturated heterocycles. The molecule has 1 aromatic carbocycles. The number of Topliss-reactive ketones (excluding diaryl/α,β-unsaturated/α-hetero) is 1. The number of anilines is 3. The Morgan fingerprint density at radius 3 is 2.23 bits per heavy atom. The van der Waals surface area contributed by atoms with Gasteiger partial charge in [-0.15, -0.1) is 11.3 Å². The average Bonchev–Trinajstić information content (AvgIpc) is 4.14. The lowest BCUT2D eigenvalue weighted by Crippen LogP contribution is -2.58. The number of aliphatic hydroxyl groups is 1. The number of ketones is 1. The highest BCUT2D eigenvalue weighted by atomic mass is 32.1. The number of aromatic nitrogens is 5. The van der Waals surface area contributed by atoms with Crippen molar-refractivity contribution in [2.24, 2.45) is 17.3 Å². The van der Waals surface area contributed by atoms with Crippen molar-refractivity contribution in [2.75, 3.05) is 42.9 Å². The van der Waals surface area contributed by atoms with E-state index in [4.69, 9.17) is 4.98 Å². The molecule has 386 valence electrons. The van der Waals surface area contributed by atoms with Gasteiger partial charge in [0, 0.05) is 76.2 Å². The van der Waals surface area contributed by atoms with E-state index < -0.39 is 29.5 Å². The quantitative estimate of drug-likeness (QED) is 0.0852. The summed E-state index contributed by atoms with van der Waals surface area (Å²) in [5, 5.41) is 20.5. The van der Waals surface area contributed by atoms with Gasteiger partial charge >= 0.3 is 0 Å². The molecule has 4 aliphatic rings. The first-order valence-corrected chi connectivity index (χ1v) is 26.5. The summed E-state index contributed by atoms with van der Waals surface area (Å²) in [5.41, 5.74) is 5.98. The SMILES string of the molecule is CC(=O)c1c(C)c2cnc(Nc3ccc(N4CCN(C(=O)CC5CC(CC(=O)N[C@H](C(=O)N6C[C@H](O)C[C@H]6C(=O)NCc6ccc(-c7scnc7C)cc6)C(C)(C)C)C5)CC4)cn3)nc2n(C2CCCC2)c1=O. The second-order valence-corrected chi connectivity index (χ2v) is 22.4. The number of rotatable bonds is 15. The van der Waals surface area contributed by atoms with E-state index in [0.29, 0.717) is 61.0 Å². The highest BCUT2D eigenvalue weighted by Crippen LogP contribution is 2.39. The fourth-order valence-corrected chi connectivity index (χ4v) is 11.9. The van der Waals surface area contributed by atoms with Gasteiger partial charge in [0.05, 0.1) is 39.6 Å². The molecule has 0 radical (unpaired) electrons. The number of piperazine rings is 1. The third-order valence-electron chi connectivity index (χ3n) is 15.2. The van der Waals surface area contributed by atoms with Gasteiger partial charge in [0.2, 0.25) is 29.6 Å². The van der Waals surface area contributed by atoms with Gasteiger partial charge in [-0.25, -0.2) is 15.0 Å². The molecule has 2 aliphatic carbocycles. The van der Waals surface area contributed by atoms with E-state index >= 15 is 0 Å². The molecule has 2 saturated carbocycles. The standard InChI is InChI=1S/C54H67N11O7S/c1-31-41-28-57-53(61-49(41)65(38-9-7-8-10-38)51(71)46(31)33(3)66)59-43-16-15-39(27-55-43)62-17-19-63(20-18-62)45(69)24-36-21-35(22-36)23-44(68)60-48(54(4,5)6)52(72)64-29-40(67)25-42(64)50(70)56-26-34-11-13-37(14-12-34)47-32(2)58-30-73-47/h11-16,27-28,30,35-36,38,40,42,48,67H,7-10,17-26,29H2,1-6H3,(H,56,70)(H,60,68)(H,55,57,59,61)/t35?,36?,40-,42+,48-/m1/s1. The maximum atomic E-state index is 14.2. The van der Waals surface area contributed by atoms with Gasteiger partial charge in [0.1, 0.15) is 23.5 Å². The number of carbonyl (C=O) groups is 5. The van der Waals surface area contributed by atoms with Crippen LogP contribution in [0.5, 0.6) is 0 Å². The van der Waals surface area contributed by atoms with Crippen LogP contribution in [0.3, 0.4) is 0 Å². The Balaban J connectivity index is 0.718. The molecule has 0 bridgehead atoms. The van der Waals surface area contributed by atoms with Gasteiger partial charge in [-0.2, -0.15) is 4.98 Å². The number of aryl methyl sites for hydroxylation is 2. The Morgan fingerprint density at radius 1 is 0.877 bits per heavy atom. The summed E-state index contributed by atoms with van der Waals surface area (Å²) in [7, 11) is 0. The van der Waals surface area contributed by atoms with Gasteiger partial charge in [-0.1, -0.05) is 57.9 Å². The van der Waals surface area contributed by atoms with E-state index in [1.807, 2.05) is 74.5 Å². The topological polar surface area (TPSA) is 225 Å². The van der Waals surface area contributed by atoms with Crippen molar-refractivity contribution in [1.82, 2.24) is 44.9 Å². The number of fused-ring (bicyclic) bond motifs is 1. The third kappa shape index (κ3) is 11.3. The predicted octanol–water partition coefficient (Wildman–Crippen LogP) is 6.25. The number of carbonyl (C=O) groups excluding carboxylic acids is 5. The summed E-state index contributed by atoms with van der Waals surface area (Å²) < 4.78 is 1.69. The molecule has 4 fully saturated rings. The molecule has 4 N–H and O–H groups in total. The van der Waals surface area contributed by atoms with Gasteiger partial charge in [0.25, 0.3) is 5.56 Å². The minimum Gasteiger partial charge on any atom is -0.391 e. The zero-order valence-electron chi connectivity index (χ0n) is 42.6. The van der Waals surface area contributed by atoms with E-state index in [9.17, 15) is 33.9 Å². The highest BCUT2D eigenvalue weighted by Gasteiger charge is 2.45. The van der Waals surface area contributed by atoms with Gasteiger partial charge < -0.3 is 35.8 Å². The third-order valence-corrected chi connectivity index (χ3v) is 16.2. The van der Waals surface area contributed by atoms with E-state index in [1.54, 1.807) is 35.2 Å². The van der Waals surface area contributed by atoms with Crippen LogP contribution in [-0.2, 0) is 25.7 Å². The fourth-order valence-electron chi connectivity index (χ4n) is 11.1. The van der Waals surface area contributed by atoms with Crippen LogP contribution in [0.2, 0.25) is 0 Å². The first kappa shape index (κ1) is 51.3. The van der Waals surface area contributed by atoms with Crippen molar-refractivity contribution in [3.8, 4) is 10.4 Å². The van der Waals surface area contributed by atoms with Gasteiger partial charge in [-0.3, -0.25) is 33.3 Å². The number of aliphatic hydroxyl groups excluding tert-OH is 1. The van der Waals surface area contributed by atoms with Crippen LogP contribution in [0.15, 0.2) is 59.1 Å². The lowest BCUT2D eigenvalue weighted by molar-refractivity contribution is -0.144. The summed E-state index contributed by atoms with van der Waals surface area (Å²) >= 11 is 1.57. The number of β-amino-alcohol motifs (C(OH)–C–C–N with tert-alkyl or cyclic N) is 1. The Bertz CT molecular complexity index is 2930. The van der Waals surface area contributed by atoms with E-state index in [1.165, 1.54) is 11.8 Å². The molecule has 6 heterocycles. The first-order valence-electron chi connectivity index (χ1n) is 25.7. The van der Waals surface area contributed by atoms with Crippen LogP contribution >= 0.6 is 11.3 Å². The van der Waals surface area contributed by atoms with Crippen LogP contribution in [0.1, 0.15) is 119 Å². The maximum absolute atomic E-state index is 14.2. The fraction of sp³-hybridized carbons (Fsp3) is 0.519. The minimum absolute atomic E-state index is 0.00117. The average molecular weight is 1010 g/mol. The molecule has 3 atom stereocenters. The summed E-state index contributed by atoms with van der Waals surface area (Å²) in [6.45, 7) is 13.5. The summed E-state index contributed by atoms with van der Waals surface area (Å²) in [6, 6.07) is 9.92. The number of benzene rings is 1. The summed E-state index contributed by atoms with van der Waals surface area (Å²) in [4.78, 5) is 106. The van der Waals surface area contributed by atoms with Crippen molar-refractivity contribution in [2.45, 2.75) is 130 Å². The second-order valence-electron chi connectivity index (χ2n) is 21.6. The molecule has 4 amide bonds. The number of thiazole rings is 1. The molecule has 73 heavy (non-hydrogen) atoms. The Kier molecular flexibility index (Phi) is 15.1. The molecule has 9 rings (SSSR count). The molecule has 5 aromatic rings. The van der Waals surface area contributed by atoms with Crippen LogP contribution < -0.4 is 26.4 Å².